The van der Waals surface area contributed by atoms with Crippen LogP contribution in [-0.2, 0) is 6.42 Å². The molecule has 0 aliphatic rings. The number of hydrogen-bond donors (Lipinski definition) is 1. The molecule has 0 saturated heterocycles. The van der Waals surface area contributed by atoms with Crippen molar-refractivity contribution in [3.63, 3.8) is 0 Å². The molecule has 0 fully saturated rings. The van der Waals surface area contributed by atoms with E-state index in [0.717, 1.165) is 28.1 Å². The second-order valence-electron chi connectivity index (χ2n) is 6.96. The van der Waals surface area contributed by atoms with Crippen LogP contribution in [0.1, 0.15) is 23.6 Å². The Hall–Kier alpha value is -2.92. The van der Waals surface area contributed by atoms with Gasteiger partial charge >= 0.3 is 6.18 Å². The molecule has 3 rings (SSSR count). The largest absolute Gasteiger partial charge is 0.401 e. The minimum atomic E-state index is -4.21. The average molecular weight is 396 g/mol. The van der Waals surface area contributed by atoms with E-state index in [1.54, 1.807) is 6.92 Å². The lowest BCUT2D eigenvalue weighted by molar-refractivity contribution is -0.126. The van der Waals surface area contributed by atoms with E-state index < -0.39 is 12.7 Å². The average Bonchev–Trinajstić information content (AvgIpc) is 2.72. The fourth-order valence-electron chi connectivity index (χ4n) is 3.09. The number of benzene rings is 3. The zero-order valence-electron chi connectivity index (χ0n) is 16.2. The molecule has 0 spiro atoms. The molecular weight excluding hydrogens is 373 g/mol. The quantitative estimate of drug-likeness (QED) is 0.491. The van der Waals surface area contributed by atoms with Gasteiger partial charge < -0.3 is 5.32 Å². The Morgan fingerprint density at radius 3 is 2.00 bits per heavy atom. The number of alkyl halides is 3. The Morgan fingerprint density at radius 2 is 1.45 bits per heavy atom. The van der Waals surface area contributed by atoms with Crippen molar-refractivity contribution in [1.29, 1.82) is 0 Å². The highest BCUT2D eigenvalue weighted by Gasteiger charge is 2.27. The fraction of sp³-hybridized carbons (Fsp3) is 0.208. The third-order valence-corrected chi connectivity index (χ3v) is 4.44. The zero-order chi connectivity index (χ0) is 20.7. The molecule has 0 aromatic heterocycles. The standard InChI is InChI=1S/C24H23F3N2/c1-18(28-17-24(25,26)27)15-19-9-8-14-22(16-19)29-23(20-10-4-2-5-11-20)21-12-6-3-7-13-21/h2-14,16,18,28H,15,17H2,1H3/t18-/m1/s1. The number of halogens is 3. The van der Waals surface area contributed by atoms with Gasteiger partial charge in [-0.2, -0.15) is 13.2 Å². The number of nitrogens with one attached hydrogen (secondary N) is 1. The van der Waals surface area contributed by atoms with E-state index in [1.165, 1.54) is 0 Å². The topological polar surface area (TPSA) is 24.4 Å². The maximum Gasteiger partial charge on any atom is 0.401 e. The van der Waals surface area contributed by atoms with Crippen LogP contribution in [0.25, 0.3) is 0 Å². The maximum absolute atomic E-state index is 12.4. The molecule has 0 amide bonds. The van der Waals surface area contributed by atoms with Crippen molar-refractivity contribution < 1.29 is 13.2 Å². The predicted octanol–water partition coefficient (Wildman–Crippen LogP) is 5.94. The highest BCUT2D eigenvalue weighted by Crippen LogP contribution is 2.21. The smallest absolute Gasteiger partial charge is 0.306 e. The fourth-order valence-corrected chi connectivity index (χ4v) is 3.09. The molecule has 0 saturated carbocycles. The van der Waals surface area contributed by atoms with Crippen LogP contribution in [0.3, 0.4) is 0 Å². The molecule has 29 heavy (non-hydrogen) atoms. The van der Waals surface area contributed by atoms with Crippen molar-refractivity contribution >= 4 is 11.4 Å². The summed E-state index contributed by atoms with van der Waals surface area (Å²) >= 11 is 0. The number of hydrogen-bond acceptors (Lipinski definition) is 2. The van der Waals surface area contributed by atoms with Crippen LogP contribution >= 0.6 is 0 Å². The van der Waals surface area contributed by atoms with Gasteiger partial charge in [-0.1, -0.05) is 72.8 Å². The van der Waals surface area contributed by atoms with Crippen molar-refractivity contribution in [2.75, 3.05) is 6.54 Å². The second-order valence-corrected chi connectivity index (χ2v) is 6.96. The lowest BCUT2D eigenvalue weighted by atomic mass is 10.0. The third-order valence-electron chi connectivity index (χ3n) is 4.44. The minimum absolute atomic E-state index is 0.293. The van der Waals surface area contributed by atoms with Crippen LogP contribution < -0.4 is 5.32 Å². The van der Waals surface area contributed by atoms with Gasteiger partial charge in [0, 0.05) is 17.2 Å². The van der Waals surface area contributed by atoms with Crippen molar-refractivity contribution in [3.05, 3.63) is 102 Å². The van der Waals surface area contributed by atoms with Gasteiger partial charge in [0.25, 0.3) is 0 Å². The molecular formula is C24H23F3N2. The summed E-state index contributed by atoms with van der Waals surface area (Å²) in [5.74, 6) is 0. The first-order chi connectivity index (χ1) is 13.9. The third kappa shape index (κ3) is 6.57. The lowest BCUT2D eigenvalue weighted by Crippen LogP contribution is -2.36. The SMILES string of the molecule is C[C@H](Cc1cccc(N=C(c2ccccc2)c2ccccc2)c1)NCC(F)(F)F. The van der Waals surface area contributed by atoms with Crippen LogP contribution in [0, 0.1) is 0 Å². The molecule has 0 bridgehead atoms. The van der Waals surface area contributed by atoms with E-state index in [4.69, 9.17) is 4.99 Å². The Morgan fingerprint density at radius 1 is 0.862 bits per heavy atom. The monoisotopic (exact) mass is 396 g/mol. The molecule has 150 valence electrons. The molecule has 3 aromatic carbocycles. The van der Waals surface area contributed by atoms with Gasteiger partial charge in [-0.15, -0.1) is 0 Å². The van der Waals surface area contributed by atoms with Gasteiger partial charge in [0.15, 0.2) is 0 Å². The van der Waals surface area contributed by atoms with E-state index in [1.807, 2.05) is 84.9 Å². The summed E-state index contributed by atoms with van der Waals surface area (Å²) in [6, 6.07) is 27.2. The second kappa shape index (κ2) is 9.52. The zero-order valence-corrected chi connectivity index (χ0v) is 16.2. The highest BCUT2D eigenvalue weighted by atomic mass is 19.4. The van der Waals surface area contributed by atoms with Crippen molar-refractivity contribution in [2.24, 2.45) is 4.99 Å². The molecule has 1 N–H and O–H groups in total. The Bertz CT molecular complexity index is 894. The van der Waals surface area contributed by atoms with Crippen molar-refractivity contribution in [2.45, 2.75) is 25.6 Å². The molecule has 1 atom stereocenters. The van der Waals surface area contributed by atoms with Crippen LogP contribution in [0.4, 0.5) is 18.9 Å². The van der Waals surface area contributed by atoms with E-state index in [0.29, 0.717) is 6.42 Å². The lowest BCUT2D eigenvalue weighted by Gasteiger charge is -2.15. The molecule has 0 unspecified atom stereocenters. The molecule has 2 nitrogen and oxygen atoms in total. The summed E-state index contributed by atoms with van der Waals surface area (Å²) in [7, 11) is 0. The number of aliphatic imine (C=N–C) groups is 1. The summed E-state index contributed by atoms with van der Waals surface area (Å²) in [5, 5.41) is 2.52. The molecule has 0 aliphatic carbocycles. The summed E-state index contributed by atoms with van der Waals surface area (Å²) < 4.78 is 37.2. The van der Waals surface area contributed by atoms with Gasteiger partial charge in [0.05, 0.1) is 17.9 Å². The minimum Gasteiger partial charge on any atom is -0.306 e. The van der Waals surface area contributed by atoms with Gasteiger partial charge in [0.2, 0.25) is 0 Å². The number of rotatable bonds is 7. The Kier molecular flexibility index (Phi) is 6.83. The van der Waals surface area contributed by atoms with E-state index in [2.05, 4.69) is 5.32 Å². The van der Waals surface area contributed by atoms with Crippen molar-refractivity contribution in [3.8, 4) is 0 Å². The first-order valence-electron chi connectivity index (χ1n) is 9.49. The predicted molar refractivity (Wildman–Crippen MR) is 112 cm³/mol. The summed E-state index contributed by atoms with van der Waals surface area (Å²) in [6.45, 7) is 0.763. The highest BCUT2D eigenvalue weighted by molar-refractivity contribution is 6.13. The number of nitrogens with zero attached hydrogens (tertiary/aromatic N) is 1. The Balaban J connectivity index is 1.85. The summed E-state index contributed by atoms with van der Waals surface area (Å²) in [6.07, 6.45) is -3.72. The van der Waals surface area contributed by atoms with Gasteiger partial charge in [-0.25, -0.2) is 4.99 Å². The van der Waals surface area contributed by atoms with E-state index >= 15 is 0 Å². The Labute approximate surface area is 169 Å². The van der Waals surface area contributed by atoms with Crippen LogP contribution in [0.2, 0.25) is 0 Å². The van der Waals surface area contributed by atoms with Gasteiger partial charge in [0.1, 0.15) is 0 Å². The molecule has 5 heteroatoms. The molecule has 3 aromatic rings. The molecule has 0 aliphatic heterocycles. The van der Waals surface area contributed by atoms with Crippen LogP contribution in [0.15, 0.2) is 89.9 Å². The maximum atomic E-state index is 12.4. The van der Waals surface area contributed by atoms with Crippen LogP contribution in [0.5, 0.6) is 0 Å². The normalized spacial score (nSPS) is 12.4. The summed E-state index contributed by atoms with van der Waals surface area (Å²) in [4.78, 5) is 4.87. The van der Waals surface area contributed by atoms with Gasteiger partial charge in [-0.05, 0) is 31.0 Å². The molecule has 0 heterocycles. The van der Waals surface area contributed by atoms with Crippen molar-refractivity contribution in [1.82, 2.24) is 5.32 Å². The first kappa shape index (κ1) is 20.8. The van der Waals surface area contributed by atoms with E-state index in [9.17, 15) is 13.2 Å². The summed E-state index contributed by atoms with van der Waals surface area (Å²) in [5.41, 5.74) is 4.57. The van der Waals surface area contributed by atoms with Crippen LogP contribution in [-0.4, -0.2) is 24.5 Å². The first-order valence-corrected chi connectivity index (χ1v) is 9.49. The molecule has 0 radical (unpaired) electrons. The van der Waals surface area contributed by atoms with E-state index in [-0.39, 0.29) is 6.04 Å². The van der Waals surface area contributed by atoms with Gasteiger partial charge in [-0.3, -0.25) is 0 Å².